The molecular formula is C22H22BrFN4O2. The van der Waals surface area contributed by atoms with Crippen molar-refractivity contribution >= 4 is 33.2 Å². The lowest BCUT2D eigenvalue weighted by molar-refractivity contribution is -0.0305. The predicted octanol–water partition coefficient (Wildman–Crippen LogP) is 5.08. The van der Waals surface area contributed by atoms with Crippen LogP contribution >= 0.6 is 15.9 Å². The van der Waals surface area contributed by atoms with E-state index in [0.717, 1.165) is 0 Å². The Morgan fingerprint density at radius 1 is 1.33 bits per heavy atom. The maximum atomic E-state index is 15.3. The van der Waals surface area contributed by atoms with Crippen molar-refractivity contribution in [1.29, 1.82) is 0 Å². The van der Waals surface area contributed by atoms with Gasteiger partial charge in [0.25, 0.3) is 5.91 Å². The number of amides is 1. The first-order chi connectivity index (χ1) is 14.5. The van der Waals surface area contributed by atoms with Crippen LogP contribution in [0, 0.1) is 5.92 Å². The second-order valence-electron chi connectivity index (χ2n) is 7.36. The van der Waals surface area contributed by atoms with Gasteiger partial charge < -0.3 is 10.1 Å². The van der Waals surface area contributed by atoms with Gasteiger partial charge in [-0.05, 0) is 41.7 Å². The summed E-state index contributed by atoms with van der Waals surface area (Å²) in [5.74, 6) is -0.250. The Labute approximate surface area is 182 Å². The number of alkyl halides is 1. The zero-order valence-corrected chi connectivity index (χ0v) is 18.2. The molecule has 4 atom stereocenters. The molecule has 0 unspecified atom stereocenters. The highest BCUT2D eigenvalue weighted by Gasteiger charge is 2.52. The molecule has 0 radical (unpaired) electrons. The van der Waals surface area contributed by atoms with Gasteiger partial charge in [-0.3, -0.25) is 4.79 Å². The van der Waals surface area contributed by atoms with Gasteiger partial charge in [0.1, 0.15) is 24.1 Å². The summed E-state index contributed by atoms with van der Waals surface area (Å²) in [6.07, 6.45) is 1.86. The molecule has 1 aromatic carbocycles. The summed E-state index contributed by atoms with van der Waals surface area (Å²) < 4.78 is 23.1. The van der Waals surface area contributed by atoms with Crippen molar-refractivity contribution in [1.82, 2.24) is 14.6 Å². The fourth-order valence-corrected chi connectivity index (χ4v) is 4.47. The number of carbonyl (C=O) groups excluding carboxylic acids is 1. The minimum absolute atomic E-state index is 0.277. The van der Waals surface area contributed by atoms with Gasteiger partial charge in [0.15, 0.2) is 5.82 Å². The number of fused-ring (bicyclic) bond motifs is 1. The van der Waals surface area contributed by atoms with Crippen LogP contribution in [0.5, 0.6) is 0 Å². The van der Waals surface area contributed by atoms with Crippen molar-refractivity contribution in [2.24, 2.45) is 5.92 Å². The average molecular weight is 473 g/mol. The van der Waals surface area contributed by atoms with Gasteiger partial charge in [0.2, 0.25) is 0 Å². The van der Waals surface area contributed by atoms with E-state index in [4.69, 9.17) is 4.74 Å². The summed E-state index contributed by atoms with van der Waals surface area (Å²) in [7, 11) is 0. The molecule has 6 nitrogen and oxygen atoms in total. The Balaban J connectivity index is 1.68. The molecule has 1 N–H and O–H groups in total. The van der Waals surface area contributed by atoms with Crippen LogP contribution in [0.15, 0.2) is 59.9 Å². The first-order valence-electron chi connectivity index (χ1n) is 9.79. The van der Waals surface area contributed by atoms with Gasteiger partial charge in [0, 0.05) is 11.5 Å². The van der Waals surface area contributed by atoms with Crippen molar-refractivity contribution < 1.29 is 13.9 Å². The zero-order chi connectivity index (χ0) is 21.3. The molecule has 3 heterocycles. The fourth-order valence-electron chi connectivity index (χ4n) is 4.02. The van der Waals surface area contributed by atoms with Crippen LogP contribution in [-0.2, 0) is 4.74 Å². The number of nitrogens with zero attached hydrogens (tertiary/aromatic N) is 3. The van der Waals surface area contributed by atoms with E-state index in [-0.39, 0.29) is 11.8 Å². The predicted molar refractivity (Wildman–Crippen MR) is 116 cm³/mol. The number of aromatic nitrogens is 3. The molecule has 8 heteroatoms. The van der Waals surface area contributed by atoms with E-state index >= 15 is 4.39 Å². The van der Waals surface area contributed by atoms with Crippen molar-refractivity contribution in [3.63, 3.8) is 0 Å². The van der Waals surface area contributed by atoms with Crippen LogP contribution in [0.4, 0.5) is 10.2 Å². The summed E-state index contributed by atoms with van der Waals surface area (Å²) in [6.45, 7) is 3.84. The van der Waals surface area contributed by atoms with Crippen LogP contribution in [0.3, 0.4) is 0 Å². The topological polar surface area (TPSA) is 68.5 Å². The van der Waals surface area contributed by atoms with Crippen molar-refractivity contribution in [2.45, 2.75) is 38.1 Å². The Bertz CT molecular complexity index is 1090. The minimum atomic E-state index is -1.20. The number of nitrogens with one attached hydrogen (secondary N) is 1. The highest BCUT2D eigenvalue weighted by atomic mass is 79.9. The summed E-state index contributed by atoms with van der Waals surface area (Å²) in [5.41, 5.74) is 0.979. The second kappa shape index (κ2) is 8.28. The molecule has 1 aliphatic heterocycles. The molecule has 0 bridgehead atoms. The van der Waals surface area contributed by atoms with E-state index < -0.39 is 17.9 Å². The Morgan fingerprint density at radius 3 is 2.80 bits per heavy atom. The maximum Gasteiger partial charge on any atom is 0.256 e. The Kier molecular flexibility index (Phi) is 5.71. The van der Waals surface area contributed by atoms with Gasteiger partial charge >= 0.3 is 0 Å². The van der Waals surface area contributed by atoms with Crippen LogP contribution in [0.2, 0.25) is 0 Å². The van der Waals surface area contributed by atoms with Crippen LogP contribution in [0.1, 0.15) is 42.4 Å². The first kappa shape index (κ1) is 20.7. The summed E-state index contributed by atoms with van der Waals surface area (Å²) in [6, 6.07) is 12.4. The molecule has 1 aliphatic rings. The van der Waals surface area contributed by atoms with Crippen LogP contribution in [-0.4, -0.2) is 32.3 Å². The van der Waals surface area contributed by atoms with Gasteiger partial charge in [-0.15, -0.1) is 0 Å². The molecule has 3 aromatic rings. The molecule has 1 amide bonds. The Hall–Kier alpha value is -2.58. The monoisotopic (exact) mass is 472 g/mol. The number of carbonyl (C=O) groups is 1. The molecule has 1 saturated heterocycles. The lowest BCUT2D eigenvalue weighted by Crippen LogP contribution is -2.32. The SMILES string of the molecule is CC[C@@]1(/C=C/Br)O[C@@H](c2ccc3c(NC(=O)c4ccccc4)ncnn23)[C@H](F)[C@@H]1C. The van der Waals surface area contributed by atoms with Crippen LogP contribution in [0.25, 0.3) is 5.52 Å². The minimum Gasteiger partial charge on any atom is -0.358 e. The first-order valence-corrected chi connectivity index (χ1v) is 10.7. The standard InChI is InChI=1S/C22H22BrFN4O2/c1-3-22(11-12-23)14(2)18(24)19(30-22)16-9-10-17-20(25-13-26-28(16)17)27-21(29)15-7-5-4-6-8-15/h4-14,18-19H,3H2,1-2H3,(H,25,26,27,29)/b12-11+/t14-,18+,19-,22-/m0/s1. The third kappa shape index (κ3) is 3.44. The number of halogens is 2. The summed E-state index contributed by atoms with van der Waals surface area (Å²) >= 11 is 3.29. The molecule has 156 valence electrons. The van der Waals surface area contributed by atoms with Gasteiger partial charge in [0.05, 0.1) is 11.3 Å². The van der Waals surface area contributed by atoms with E-state index in [1.54, 1.807) is 45.9 Å². The third-order valence-electron chi connectivity index (χ3n) is 5.82. The molecular weight excluding hydrogens is 451 g/mol. The maximum absolute atomic E-state index is 15.3. The number of benzene rings is 1. The second-order valence-corrected chi connectivity index (χ2v) is 7.89. The smallest absolute Gasteiger partial charge is 0.256 e. The number of hydrogen-bond acceptors (Lipinski definition) is 4. The molecule has 0 aliphatic carbocycles. The summed E-state index contributed by atoms with van der Waals surface area (Å²) in [4.78, 5) is 18.5. The zero-order valence-electron chi connectivity index (χ0n) is 16.6. The van der Waals surface area contributed by atoms with Gasteiger partial charge in [-0.1, -0.05) is 48.0 Å². The number of anilines is 1. The van der Waals surface area contributed by atoms with Crippen molar-refractivity contribution in [3.05, 3.63) is 71.1 Å². The number of rotatable bonds is 5. The lowest BCUT2D eigenvalue weighted by Gasteiger charge is -2.28. The van der Waals surface area contributed by atoms with Crippen molar-refractivity contribution in [2.75, 3.05) is 5.32 Å². The lowest BCUT2D eigenvalue weighted by atomic mass is 9.85. The normalized spacial score (nSPS) is 26.5. The van der Waals surface area contributed by atoms with Crippen molar-refractivity contribution in [3.8, 4) is 0 Å². The van der Waals surface area contributed by atoms with E-state index in [9.17, 15) is 4.79 Å². The quantitative estimate of drug-likeness (QED) is 0.561. The molecule has 2 aromatic heterocycles. The van der Waals surface area contributed by atoms with Gasteiger partial charge in [-0.25, -0.2) is 13.9 Å². The van der Waals surface area contributed by atoms with E-state index in [1.807, 2.05) is 26.0 Å². The largest absolute Gasteiger partial charge is 0.358 e. The van der Waals surface area contributed by atoms with E-state index in [1.165, 1.54) is 6.33 Å². The molecule has 0 spiro atoms. The van der Waals surface area contributed by atoms with E-state index in [2.05, 4.69) is 31.3 Å². The number of ether oxygens (including phenoxy) is 1. The molecule has 1 fully saturated rings. The van der Waals surface area contributed by atoms with Gasteiger partial charge in [-0.2, -0.15) is 5.10 Å². The van der Waals surface area contributed by atoms with Crippen LogP contribution < -0.4 is 5.32 Å². The summed E-state index contributed by atoms with van der Waals surface area (Å²) in [5, 5.41) is 7.10. The third-order valence-corrected chi connectivity index (χ3v) is 6.09. The molecule has 4 rings (SSSR count). The Morgan fingerprint density at radius 2 is 2.10 bits per heavy atom. The number of hydrogen-bond donors (Lipinski definition) is 1. The molecule has 30 heavy (non-hydrogen) atoms. The fraction of sp³-hybridized carbons (Fsp3) is 0.318. The highest BCUT2D eigenvalue weighted by Crippen LogP contribution is 2.48. The molecule has 0 saturated carbocycles. The average Bonchev–Trinajstić information content (AvgIpc) is 3.30. The highest BCUT2D eigenvalue weighted by molar-refractivity contribution is 9.11. The van der Waals surface area contributed by atoms with E-state index in [0.29, 0.717) is 29.0 Å².